The van der Waals surface area contributed by atoms with Gasteiger partial charge in [-0.3, -0.25) is 10.1 Å². The summed E-state index contributed by atoms with van der Waals surface area (Å²) in [7, 11) is 0. The van der Waals surface area contributed by atoms with E-state index in [4.69, 9.17) is 0 Å². The van der Waals surface area contributed by atoms with Crippen LogP contribution in [0.3, 0.4) is 0 Å². The van der Waals surface area contributed by atoms with Crippen molar-refractivity contribution in [2.75, 3.05) is 16.0 Å². The molecule has 2 aromatic carbocycles. The van der Waals surface area contributed by atoms with Gasteiger partial charge in [0.2, 0.25) is 5.91 Å². The molecule has 3 amide bonds. The van der Waals surface area contributed by atoms with Gasteiger partial charge in [-0.25, -0.2) is 14.2 Å². The Morgan fingerprint density at radius 1 is 0.900 bits per heavy atom. The summed E-state index contributed by atoms with van der Waals surface area (Å²) in [5.41, 5.74) is 0.179. The molecule has 0 aliphatic heterocycles. The summed E-state index contributed by atoms with van der Waals surface area (Å²) in [6.45, 7) is 0. The Balaban J connectivity index is 1.51. The highest BCUT2D eigenvalue weighted by atomic mass is 32.1. The van der Waals surface area contributed by atoms with Crippen LogP contribution in [-0.2, 0) is 17.4 Å². The largest absolute Gasteiger partial charge is 0.416 e. The van der Waals surface area contributed by atoms with E-state index in [0.29, 0.717) is 11.4 Å². The first-order valence-electron chi connectivity index (χ1n) is 8.44. The van der Waals surface area contributed by atoms with Gasteiger partial charge in [0.25, 0.3) is 0 Å². The lowest BCUT2D eigenvalue weighted by Crippen LogP contribution is -2.19. The van der Waals surface area contributed by atoms with Crippen LogP contribution in [0.4, 0.5) is 38.9 Å². The molecule has 3 rings (SSSR count). The zero-order valence-electron chi connectivity index (χ0n) is 15.1. The molecule has 0 bridgehead atoms. The van der Waals surface area contributed by atoms with Crippen LogP contribution in [0.5, 0.6) is 0 Å². The number of hydrogen-bond acceptors (Lipinski definition) is 4. The number of anilines is 3. The topological polar surface area (TPSA) is 83.1 Å². The Hall–Kier alpha value is -3.47. The van der Waals surface area contributed by atoms with Crippen LogP contribution < -0.4 is 16.0 Å². The lowest BCUT2D eigenvalue weighted by Gasteiger charge is -2.08. The summed E-state index contributed by atoms with van der Waals surface area (Å²) < 4.78 is 50.5. The number of rotatable bonds is 5. The standard InChI is InChI=1S/C19H14F4N4O2S/c20-12-3-7-14(8-4-12)25-17(29)27-18-26-15(10-30-18)9-16(28)24-13-5-1-11(2-6-13)19(21,22)23/h1-8,10H,9H2,(H,24,28)(H2,25,26,27,29). The van der Waals surface area contributed by atoms with Crippen molar-refractivity contribution in [1.29, 1.82) is 0 Å². The van der Waals surface area contributed by atoms with Gasteiger partial charge in [-0.1, -0.05) is 0 Å². The fraction of sp³-hybridized carbons (Fsp3) is 0.105. The molecule has 1 heterocycles. The van der Waals surface area contributed by atoms with E-state index >= 15 is 0 Å². The molecule has 3 N–H and O–H groups in total. The molecule has 156 valence electrons. The minimum absolute atomic E-state index is 0.126. The van der Waals surface area contributed by atoms with Crippen LogP contribution in [0.25, 0.3) is 0 Å². The molecule has 0 saturated carbocycles. The number of carbonyl (C=O) groups excluding carboxylic acids is 2. The van der Waals surface area contributed by atoms with Crippen LogP contribution in [0, 0.1) is 5.82 Å². The molecule has 30 heavy (non-hydrogen) atoms. The van der Waals surface area contributed by atoms with E-state index in [9.17, 15) is 27.2 Å². The quantitative estimate of drug-likeness (QED) is 0.483. The molecule has 0 saturated heterocycles. The molecule has 6 nitrogen and oxygen atoms in total. The number of benzene rings is 2. The zero-order valence-corrected chi connectivity index (χ0v) is 15.9. The van der Waals surface area contributed by atoms with E-state index in [2.05, 4.69) is 20.9 Å². The Labute approximate surface area is 172 Å². The maximum atomic E-state index is 12.9. The first-order chi connectivity index (χ1) is 14.2. The van der Waals surface area contributed by atoms with Crippen LogP contribution in [0.2, 0.25) is 0 Å². The van der Waals surface area contributed by atoms with Crippen LogP contribution in [0.1, 0.15) is 11.3 Å². The summed E-state index contributed by atoms with van der Waals surface area (Å²) in [6, 6.07) is 8.68. The van der Waals surface area contributed by atoms with Crippen molar-refractivity contribution in [1.82, 2.24) is 4.98 Å². The van der Waals surface area contributed by atoms with E-state index in [1.165, 1.54) is 24.3 Å². The molecule has 0 aliphatic carbocycles. The lowest BCUT2D eigenvalue weighted by atomic mass is 10.2. The average molecular weight is 438 g/mol. The molecule has 0 spiro atoms. The second-order valence-electron chi connectivity index (χ2n) is 6.03. The number of nitrogens with one attached hydrogen (secondary N) is 3. The smallest absolute Gasteiger partial charge is 0.326 e. The van der Waals surface area contributed by atoms with Crippen molar-refractivity contribution in [3.63, 3.8) is 0 Å². The first-order valence-corrected chi connectivity index (χ1v) is 9.32. The number of urea groups is 1. The van der Waals surface area contributed by atoms with Gasteiger partial charge in [0.1, 0.15) is 5.82 Å². The number of carbonyl (C=O) groups is 2. The van der Waals surface area contributed by atoms with Crippen LogP contribution in [0.15, 0.2) is 53.9 Å². The summed E-state index contributed by atoms with van der Waals surface area (Å²) in [6.07, 6.45) is -4.58. The van der Waals surface area contributed by atoms with Crippen molar-refractivity contribution in [3.05, 3.63) is 71.0 Å². The number of thiazole rings is 1. The van der Waals surface area contributed by atoms with Crippen LogP contribution >= 0.6 is 11.3 Å². The van der Waals surface area contributed by atoms with Crippen molar-refractivity contribution in [2.45, 2.75) is 12.6 Å². The Kier molecular flexibility index (Phi) is 6.31. The van der Waals surface area contributed by atoms with E-state index in [-0.39, 0.29) is 17.2 Å². The number of aromatic nitrogens is 1. The van der Waals surface area contributed by atoms with Gasteiger partial charge in [-0.05, 0) is 48.5 Å². The highest BCUT2D eigenvalue weighted by Gasteiger charge is 2.30. The van der Waals surface area contributed by atoms with Gasteiger partial charge in [0.15, 0.2) is 5.13 Å². The van der Waals surface area contributed by atoms with E-state index in [0.717, 1.165) is 35.6 Å². The molecular formula is C19H14F4N4O2S. The number of hydrogen-bond donors (Lipinski definition) is 3. The second kappa shape index (κ2) is 8.91. The third kappa shape index (κ3) is 6.01. The molecule has 3 aromatic rings. The Morgan fingerprint density at radius 2 is 1.50 bits per heavy atom. The molecule has 0 unspecified atom stereocenters. The maximum Gasteiger partial charge on any atom is 0.416 e. The van der Waals surface area contributed by atoms with Crippen molar-refractivity contribution in [3.8, 4) is 0 Å². The fourth-order valence-corrected chi connectivity index (χ4v) is 3.06. The van der Waals surface area contributed by atoms with E-state index in [1.54, 1.807) is 5.38 Å². The molecule has 11 heteroatoms. The maximum absolute atomic E-state index is 12.9. The predicted octanol–water partition coefficient (Wildman–Crippen LogP) is 5.13. The average Bonchev–Trinajstić information content (AvgIpc) is 3.09. The van der Waals surface area contributed by atoms with Crippen molar-refractivity contribution >= 4 is 39.8 Å². The minimum Gasteiger partial charge on any atom is -0.326 e. The highest BCUT2D eigenvalue weighted by molar-refractivity contribution is 7.14. The summed E-state index contributed by atoms with van der Waals surface area (Å²) in [4.78, 5) is 28.1. The normalized spacial score (nSPS) is 11.1. The van der Waals surface area contributed by atoms with Gasteiger partial charge in [-0.15, -0.1) is 11.3 Å². The second-order valence-corrected chi connectivity index (χ2v) is 6.89. The van der Waals surface area contributed by atoms with Gasteiger partial charge in [0.05, 0.1) is 17.7 Å². The van der Waals surface area contributed by atoms with Gasteiger partial charge >= 0.3 is 12.2 Å². The third-order valence-electron chi connectivity index (χ3n) is 3.71. The predicted molar refractivity (Wildman–Crippen MR) is 105 cm³/mol. The molecule has 0 fully saturated rings. The number of alkyl halides is 3. The Morgan fingerprint density at radius 3 is 2.13 bits per heavy atom. The van der Waals surface area contributed by atoms with Gasteiger partial charge < -0.3 is 10.6 Å². The van der Waals surface area contributed by atoms with E-state index in [1.807, 2.05) is 0 Å². The molecule has 0 atom stereocenters. The SMILES string of the molecule is O=C(Cc1csc(NC(=O)Nc2ccc(F)cc2)n1)Nc1ccc(C(F)(F)F)cc1. The Bertz CT molecular complexity index is 1030. The number of nitrogens with zero attached hydrogens (tertiary/aromatic N) is 1. The van der Waals surface area contributed by atoms with Crippen LogP contribution in [-0.4, -0.2) is 16.9 Å². The number of amides is 3. The molecule has 0 radical (unpaired) electrons. The summed E-state index contributed by atoms with van der Waals surface area (Å²) in [5.74, 6) is -0.900. The van der Waals surface area contributed by atoms with Gasteiger partial charge in [-0.2, -0.15) is 13.2 Å². The monoisotopic (exact) mass is 438 g/mol. The summed E-state index contributed by atoms with van der Waals surface area (Å²) >= 11 is 1.10. The highest BCUT2D eigenvalue weighted by Crippen LogP contribution is 2.29. The zero-order chi connectivity index (χ0) is 21.7. The van der Waals surface area contributed by atoms with Crippen molar-refractivity contribution < 1.29 is 27.2 Å². The number of halogens is 4. The first kappa shape index (κ1) is 21.2. The molecular weight excluding hydrogens is 424 g/mol. The fourth-order valence-electron chi connectivity index (χ4n) is 2.35. The third-order valence-corrected chi connectivity index (χ3v) is 4.52. The molecule has 0 aliphatic rings. The minimum atomic E-state index is -4.45. The van der Waals surface area contributed by atoms with E-state index < -0.39 is 29.5 Å². The lowest BCUT2D eigenvalue weighted by molar-refractivity contribution is -0.137. The molecule has 1 aromatic heterocycles. The van der Waals surface area contributed by atoms with Crippen molar-refractivity contribution in [2.24, 2.45) is 0 Å². The summed E-state index contributed by atoms with van der Waals surface area (Å²) in [5, 5.41) is 9.30. The van der Waals surface area contributed by atoms with Gasteiger partial charge in [0, 0.05) is 16.8 Å².